The van der Waals surface area contributed by atoms with Crippen LogP contribution in [0.4, 0.5) is 5.69 Å². The van der Waals surface area contributed by atoms with Crippen molar-refractivity contribution in [2.45, 2.75) is 193 Å². The molecule has 0 aromatic heterocycles. The quantitative estimate of drug-likeness (QED) is 0.0992. The molecule has 40 heavy (non-hydrogen) atoms. The van der Waals surface area contributed by atoms with Crippen molar-refractivity contribution < 1.29 is 4.74 Å². The Bertz CT molecular complexity index is 659. The highest BCUT2D eigenvalue weighted by Crippen LogP contribution is 2.24. The first-order valence-corrected chi connectivity index (χ1v) is 18.3. The molecule has 2 nitrogen and oxygen atoms in total. The fourth-order valence-corrected chi connectivity index (χ4v) is 6.37. The Morgan fingerprint density at radius 2 is 0.950 bits per heavy atom. The summed E-state index contributed by atoms with van der Waals surface area (Å²) in [6.45, 7) is 4.09. The van der Waals surface area contributed by atoms with Crippen molar-refractivity contribution in [2.75, 3.05) is 18.5 Å². The highest BCUT2D eigenvalue weighted by Gasteiger charge is 2.16. The summed E-state index contributed by atoms with van der Waals surface area (Å²) < 4.78 is 5.98. The number of fused-ring (bicyclic) bond motifs is 1. The Kier molecular flexibility index (Phi) is 23.6. The van der Waals surface area contributed by atoms with Crippen molar-refractivity contribution in [2.24, 2.45) is 0 Å². The van der Waals surface area contributed by atoms with E-state index in [0.29, 0.717) is 6.04 Å². The molecule has 0 saturated heterocycles. The SMILES string of the molecule is CCCCCCCCCCCCCCCCCCCCCCCCCCCCOCC1CCc2ccccc2N1. The van der Waals surface area contributed by atoms with Gasteiger partial charge < -0.3 is 10.1 Å². The number of hydrogen-bond donors (Lipinski definition) is 1. The van der Waals surface area contributed by atoms with E-state index in [4.69, 9.17) is 4.74 Å². The predicted molar refractivity (Wildman–Crippen MR) is 179 cm³/mol. The Labute approximate surface area is 251 Å². The van der Waals surface area contributed by atoms with Gasteiger partial charge in [0.25, 0.3) is 0 Å². The largest absolute Gasteiger partial charge is 0.380 e. The van der Waals surface area contributed by atoms with Gasteiger partial charge in [-0.1, -0.05) is 186 Å². The molecule has 1 aromatic rings. The van der Waals surface area contributed by atoms with Crippen LogP contribution < -0.4 is 5.32 Å². The van der Waals surface area contributed by atoms with Gasteiger partial charge in [0.1, 0.15) is 0 Å². The van der Waals surface area contributed by atoms with E-state index < -0.39 is 0 Å². The van der Waals surface area contributed by atoms with Crippen molar-refractivity contribution in [3.8, 4) is 0 Å². The van der Waals surface area contributed by atoms with Gasteiger partial charge >= 0.3 is 0 Å². The second kappa shape index (κ2) is 26.9. The number of anilines is 1. The van der Waals surface area contributed by atoms with Crippen LogP contribution in [0.3, 0.4) is 0 Å². The molecule has 0 bridgehead atoms. The number of rotatable bonds is 29. The Hall–Kier alpha value is -1.02. The maximum atomic E-state index is 5.98. The van der Waals surface area contributed by atoms with Gasteiger partial charge in [0, 0.05) is 18.3 Å². The molecule has 2 rings (SSSR count). The molecule has 1 aliphatic heterocycles. The van der Waals surface area contributed by atoms with E-state index in [9.17, 15) is 0 Å². The summed E-state index contributed by atoms with van der Waals surface area (Å²) in [4.78, 5) is 0. The van der Waals surface area contributed by atoms with Gasteiger partial charge in [-0.15, -0.1) is 0 Å². The molecule has 1 aliphatic rings. The monoisotopic (exact) mass is 556 g/mol. The van der Waals surface area contributed by atoms with Crippen molar-refractivity contribution >= 4 is 5.69 Å². The molecule has 1 unspecified atom stereocenters. The summed E-state index contributed by atoms with van der Waals surface area (Å²) in [6, 6.07) is 9.18. The second-order valence-corrected chi connectivity index (χ2v) is 13.0. The van der Waals surface area contributed by atoms with Gasteiger partial charge in [-0.25, -0.2) is 0 Å². The summed E-state index contributed by atoms with van der Waals surface area (Å²) in [5.74, 6) is 0. The van der Waals surface area contributed by atoms with Crippen LogP contribution in [-0.2, 0) is 11.2 Å². The number of para-hydroxylation sites is 1. The molecular weight excluding hydrogens is 486 g/mol. The predicted octanol–water partition coefficient (Wildman–Crippen LogP) is 12.6. The van der Waals surface area contributed by atoms with Crippen molar-refractivity contribution in [1.82, 2.24) is 0 Å². The van der Waals surface area contributed by atoms with Crippen LogP contribution in [0.5, 0.6) is 0 Å². The third-order valence-electron chi connectivity index (χ3n) is 9.10. The summed E-state index contributed by atoms with van der Waals surface area (Å²) in [5, 5.41) is 3.64. The van der Waals surface area contributed by atoms with Gasteiger partial charge in [-0.05, 0) is 30.9 Å². The van der Waals surface area contributed by atoms with E-state index in [2.05, 4.69) is 36.5 Å². The maximum Gasteiger partial charge on any atom is 0.0667 e. The van der Waals surface area contributed by atoms with E-state index in [-0.39, 0.29) is 0 Å². The molecule has 2 heteroatoms. The Morgan fingerprint density at radius 3 is 1.40 bits per heavy atom. The zero-order chi connectivity index (χ0) is 28.2. The van der Waals surface area contributed by atoms with Gasteiger partial charge in [-0.3, -0.25) is 0 Å². The molecule has 0 fully saturated rings. The van der Waals surface area contributed by atoms with E-state index >= 15 is 0 Å². The first-order chi connectivity index (χ1) is 19.9. The van der Waals surface area contributed by atoms with Gasteiger partial charge in [0.15, 0.2) is 0 Å². The molecular formula is C38H69NO. The summed E-state index contributed by atoms with van der Waals surface area (Å²) in [7, 11) is 0. The number of unbranched alkanes of at least 4 members (excludes halogenated alkanes) is 25. The van der Waals surface area contributed by atoms with Crippen LogP contribution in [0.25, 0.3) is 0 Å². The lowest BCUT2D eigenvalue weighted by atomic mass is 9.99. The average molecular weight is 556 g/mol. The average Bonchev–Trinajstić information content (AvgIpc) is 2.98. The molecule has 1 atom stereocenters. The fourth-order valence-electron chi connectivity index (χ4n) is 6.37. The van der Waals surface area contributed by atoms with Crippen LogP contribution in [0.15, 0.2) is 24.3 Å². The molecule has 1 N–H and O–H groups in total. The third kappa shape index (κ3) is 20.0. The number of aryl methyl sites for hydroxylation is 1. The zero-order valence-electron chi connectivity index (χ0n) is 27.0. The van der Waals surface area contributed by atoms with Gasteiger partial charge in [0.05, 0.1) is 6.61 Å². The maximum absolute atomic E-state index is 5.98. The van der Waals surface area contributed by atoms with Crippen LogP contribution in [-0.4, -0.2) is 19.3 Å². The molecule has 0 radical (unpaired) electrons. The van der Waals surface area contributed by atoms with Gasteiger partial charge in [-0.2, -0.15) is 0 Å². The second-order valence-electron chi connectivity index (χ2n) is 13.0. The van der Waals surface area contributed by atoms with E-state index in [0.717, 1.165) is 13.2 Å². The lowest BCUT2D eigenvalue weighted by molar-refractivity contribution is 0.118. The third-order valence-corrected chi connectivity index (χ3v) is 9.10. The summed E-state index contributed by atoms with van der Waals surface area (Å²) >= 11 is 0. The fraction of sp³-hybridized carbons (Fsp3) is 0.842. The molecule has 232 valence electrons. The lowest BCUT2D eigenvalue weighted by Crippen LogP contribution is -2.30. The zero-order valence-corrected chi connectivity index (χ0v) is 27.0. The number of ether oxygens (including phenoxy) is 1. The van der Waals surface area contributed by atoms with E-state index in [1.165, 1.54) is 191 Å². The normalized spacial score (nSPS) is 14.8. The molecule has 0 amide bonds. The molecule has 0 spiro atoms. The Balaban J connectivity index is 1.18. The molecule has 0 saturated carbocycles. The molecule has 1 aromatic carbocycles. The smallest absolute Gasteiger partial charge is 0.0667 e. The minimum absolute atomic E-state index is 0.485. The highest BCUT2D eigenvalue weighted by atomic mass is 16.5. The minimum Gasteiger partial charge on any atom is -0.380 e. The summed E-state index contributed by atoms with van der Waals surface area (Å²) in [6.07, 6.45) is 40.0. The van der Waals surface area contributed by atoms with Crippen LogP contribution in [0.1, 0.15) is 186 Å². The lowest BCUT2D eigenvalue weighted by Gasteiger charge is -2.26. The van der Waals surface area contributed by atoms with Crippen molar-refractivity contribution in [1.29, 1.82) is 0 Å². The first kappa shape index (κ1) is 35.2. The number of benzene rings is 1. The van der Waals surface area contributed by atoms with Crippen molar-refractivity contribution in [3.63, 3.8) is 0 Å². The summed E-state index contributed by atoms with van der Waals surface area (Å²) in [5.41, 5.74) is 2.76. The van der Waals surface area contributed by atoms with E-state index in [1.807, 2.05) is 0 Å². The van der Waals surface area contributed by atoms with E-state index in [1.54, 1.807) is 0 Å². The minimum atomic E-state index is 0.485. The highest BCUT2D eigenvalue weighted by molar-refractivity contribution is 5.53. The topological polar surface area (TPSA) is 21.3 Å². The number of hydrogen-bond acceptors (Lipinski definition) is 2. The standard InChI is InChI=1S/C38H69NO/c1-2-3-4-5-6-7-8-9-10-11-12-13-14-15-16-17-18-19-20-21-22-23-24-25-26-29-34-40-35-37-33-32-36-30-27-28-31-38(36)39-37/h27-28,30-31,37,39H,2-26,29,32-35H2,1H3. The molecule has 1 heterocycles. The van der Waals surface area contributed by atoms with Crippen molar-refractivity contribution in [3.05, 3.63) is 29.8 Å². The van der Waals surface area contributed by atoms with Crippen LogP contribution in [0.2, 0.25) is 0 Å². The first-order valence-electron chi connectivity index (χ1n) is 18.3. The van der Waals surface area contributed by atoms with Crippen LogP contribution in [0, 0.1) is 0 Å². The van der Waals surface area contributed by atoms with Gasteiger partial charge in [0.2, 0.25) is 0 Å². The number of nitrogens with one attached hydrogen (secondary N) is 1. The van der Waals surface area contributed by atoms with Crippen LogP contribution >= 0.6 is 0 Å². The Morgan fingerprint density at radius 1 is 0.550 bits per heavy atom. The molecule has 0 aliphatic carbocycles.